The normalized spacial score (nSPS) is 21.2. The molecule has 1 spiro atoms. The molecule has 2 fully saturated rings. The number of benzene rings is 1. The van der Waals surface area contributed by atoms with Gasteiger partial charge in [0.2, 0.25) is 5.91 Å². The van der Waals surface area contributed by atoms with Gasteiger partial charge in [0, 0.05) is 17.6 Å². The van der Waals surface area contributed by atoms with Crippen LogP contribution in [0.2, 0.25) is 5.02 Å². The number of piperidine rings is 1. The summed E-state index contributed by atoms with van der Waals surface area (Å²) >= 11 is 7.97. The van der Waals surface area contributed by atoms with Crippen molar-refractivity contribution in [3.05, 3.63) is 57.2 Å². The Kier molecular flexibility index (Phi) is 4.85. The molecule has 132 valence electrons. The van der Waals surface area contributed by atoms with Crippen molar-refractivity contribution in [3.8, 4) is 0 Å². The van der Waals surface area contributed by atoms with Crippen molar-refractivity contribution in [2.24, 2.45) is 5.41 Å². The van der Waals surface area contributed by atoms with Gasteiger partial charge in [-0.25, -0.2) is 0 Å². The second-order valence-corrected chi connectivity index (χ2v) is 8.44. The highest BCUT2D eigenvalue weighted by molar-refractivity contribution is 7.07. The van der Waals surface area contributed by atoms with E-state index in [2.05, 4.69) is 27.0 Å². The summed E-state index contributed by atoms with van der Waals surface area (Å²) in [4.78, 5) is 15.3. The quantitative estimate of drug-likeness (QED) is 0.853. The van der Waals surface area contributed by atoms with Crippen molar-refractivity contribution in [1.82, 2.24) is 10.2 Å². The molecule has 1 saturated heterocycles. The van der Waals surface area contributed by atoms with E-state index in [1.807, 2.05) is 24.3 Å². The molecule has 5 heteroatoms. The summed E-state index contributed by atoms with van der Waals surface area (Å²) in [5.74, 6) is 0.194. The Morgan fingerprint density at radius 3 is 2.80 bits per heavy atom. The van der Waals surface area contributed by atoms with Crippen LogP contribution in [0, 0.1) is 5.41 Å². The minimum absolute atomic E-state index is 0.194. The van der Waals surface area contributed by atoms with Crippen LogP contribution >= 0.6 is 22.9 Å². The van der Waals surface area contributed by atoms with Crippen LogP contribution in [0.25, 0.3) is 0 Å². The molecule has 1 unspecified atom stereocenters. The second-order valence-electron chi connectivity index (χ2n) is 7.25. The topological polar surface area (TPSA) is 32.3 Å². The van der Waals surface area contributed by atoms with Crippen molar-refractivity contribution < 1.29 is 4.79 Å². The molecule has 1 aromatic carbocycles. The van der Waals surface area contributed by atoms with Gasteiger partial charge in [0.05, 0.1) is 6.42 Å². The molecule has 3 nitrogen and oxygen atoms in total. The van der Waals surface area contributed by atoms with Crippen molar-refractivity contribution in [2.45, 2.75) is 38.3 Å². The van der Waals surface area contributed by atoms with E-state index in [0.717, 1.165) is 25.1 Å². The molecule has 25 heavy (non-hydrogen) atoms. The van der Waals surface area contributed by atoms with Gasteiger partial charge in [-0.1, -0.05) is 29.8 Å². The highest BCUT2D eigenvalue weighted by atomic mass is 35.5. The van der Waals surface area contributed by atoms with Gasteiger partial charge in [-0.2, -0.15) is 11.3 Å². The molecular formula is C20H23ClN2OS. The zero-order chi connectivity index (χ0) is 17.3. The van der Waals surface area contributed by atoms with Gasteiger partial charge in [-0.15, -0.1) is 0 Å². The molecule has 4 rings (SSSR count). The average molecular weight is 375 g/mol. The van der Waals surface area contributed by atoms with E-state index in [4.69, 9.17) is 11.6 Å². The monoisotopic (exact) mass is 374 g/mol. The minimum atomic E-state index is 0.194. The Morgan fingerprint density at radius 2 is 2.08 bits per heavy atom. The highest BCUT2D eigenvalue weighted by Crippen LogP contribution is 2.56. The molecule has 2 heterocycles. The van der Waals surface area contributed by atoms with Crippen LogP contribution in [-0.2, 0) is 17.8 Å². The summed E-state index contributed by atoms with van der Waals surface area (Å²) in [7, 11) is 0. The number of hydrogen-bond acceptors (Lipinski definition) is 3. The van der Waals surface area contributed by atoms with Gasteiger partial charge in [-0.3, -0.25) is 4.79 Å². The number of thiophene rings is 1. The lowest BCUT2D eigenvalue weighted by Gasteiger charge is -2.29. The molecule has 0 radical (unpaired) electrons. The number of carbonyl (C=O) groups excluding carboxylic acids is 1. The summed E-state index contributed by atoms with van der Waals surface area (Å²) in [6.07, 6.45) is 3.88. The first kappa shape index (κ1) is 17.1. The first-order chi connectivity index (χ1) is 12.2. The van der Waals surface area contributed by atoms with Crippen molar-refractivity contribution >= 4 is 28.8 Å². The lowest BCUT2D eigenvalue weighted by Crippen LogP contribution is -2.39. The fourth-order valence-electron chi connectivity index (χ4n) is 4.09. The highest BCUT2D eigenvalue weighted by Gasteiger charge is 2.57. The number of hydrogen-bond donors (Lipinski definition) is 1. The molecule has 2 aliphatic rings. The Morgan fingerprint density at radius 1 is 1.28 bits per heavy atom. The number of halogens is 1. The fraction of sp³-hybridized carbons (Fsp3) is 0.450. The molecule has 2 aromatic rings. The molecule has 1 aliphatic carbocycles. The number of amides is 1. The maximum absolute atomic E-state index is 13.2. The third-order valence-electron chi connectivity index (χ3n) is 5.68. The third-order valence-corrected chi connectivity index (χ3v) is 6.78. The zero-order valence-corrected chi connectivity index (χ0v) is 15.8. The summed E-state index contributed by atoms with van der Waals surface area (Å²) in [6.45, 7) is 2.86. The first-order valence-electron chi connectivity index (χ1n) is 8.93. The van der Waals surface area contributed by atoms with Crippen LogP contribution in [0.5, 0.6) is 0 Å². The van der Waals surface area contributed by atoms with E-state index in [0.29, 0.717) is 29.4 Å². The summed E-state index contributed by atoms with van der Waals surface area (Å²) in [5.41, 5.74) is 2.50. The van der Waals surface area contributed by atoms with Crippen LogP contribution in [0.4, 0.5) is 0 Å². The van der Waals surface area contributed by atoms with E-state index >= 15 is 0 Å². The molecule has 1 amide bonds. The van der Waals surface area contributed by atoms with E-state index in [1.54, 1.807) is 11.3 Å². The predicted molar refractivity (Wildman–Crippen MR) is 103 cm³/mol. The largest absolute Gasteiger partial charge is 0.334 e. The molecule has 1 N–H and O–H groups in total. The molecule has 1 saturated carbocycles. The average Bonchev–Trinajstić information content (AvgIpc) is 3.06. The number of carbonyl (C=O) groups is 1. The first-order valence-corrected chi connectivity index (χ1v) is 10.2. The lowest BCUT2D eigenvalue weighted by atomic mass is 9.93. The molecule has 1 aliphatic heterocycles. The number of nitrogens with zero attached hydrogens (tertiary/aromatic N) is 1. The standard InChI is InChI=1S/C20H23ClN2OS/c21-17-4-2-1-3-16(17)11-19(24)23(13-15-5-10-25-14-15)18-12-20(18)6-8-22-9-7-20/h1-5,10,14,18,22H,6-9,11-13H2. The zero-order valence-electron chi connectivity index (χ0n) is 14.2. The maximum Gasteiger partial charge on any atom is 0.227 e. The van der Waals surface area contributed by atoms with Crippen LogP contribution in [0.3, 0.4) is 0 Å². The Balaban J connectivity index is 1.53. The van der Waals surface area contributed by atoms with Gasteiger partial charge in [0.1, 0.15) is 0 Å². The third kappa shape index (κ3) is 3.62. The fourth-order valence-corrected chi connectivity index (χ4v) is 4.95. The van der Waals surface area contributed by atoms with Gasteiger partial charge in [0.15, 0.2) is 0 Å². The van der Waals surface area contributed by atoms with E-state index in [-0.39, 0.29) is 5.91 Å². The summed E-state index contributed by atoms with van der Waals surface area (Å²) in [6, 6.07) is 10.2. The predicted octanol–water partition coefficient (Wildman–Crippen LogP) is 4.11. The maximum atomic E-state index is 13.2. The Bertz CT molecular complexity index is 740. The van der Waals surface area contributed by atoms with E-state index in [1.165, 1.54) is 18.4 Å². The van der Waals surface area contributed by atoms with Gasteiger partial charge >= 0.3 is 0 Å². The van der Waals surface area contributed by atoms with Crippen molar-refractivity contribution in [2.75, 3.05) is 13.1 Å². The Labute approximate surface area is 158 Å². The van der Waals surface area contributed by atoms with Crippen LogP contribution < -0.4 is 5.32 Å². The summed E-state index contributed by atoms with van der Waals surface area (Å²) in [5, 5.41) is 8.35. The van der Waals surface area contributed by atoms with E-state index < -0.39 is 0 Å². The van der Waals surface area contributed by atoms with Crippen molar-refractivity contribution in [3.63, 3.8) is 0 Å². The van der Waals surface area contributed by atoms with Crippen molar-refractivity contribution in [1.29, 1.82) is 0 Å². The van der Waals surface area contributed by atoms with E-state index in [9.17, 15) is 4.79 Å². The van der Waals surface area contributed by atoms with Gasteiger partial charge in [-0.05, 0) is 71.8 Å². The molecule has 1 atom stereocenters. The lowest BCUT2D eigenvalue weighted by molar-refractivity contribution is -0.132. The minimum Gasteiger partial charge on any atom is -0.334 e. The molecule has 1 aromatic heterocycles. The van der Waals surface area contributed by atoms with Crippen LogP contribution in [0.1, 0.15) is 30.4 Å². The second kappa shape index (κ2) is 7.10. The summed E-state index contributed by atoms with van der Waals surface area (Å²) < 4.78 is 0. The van der Waals surface area contributed by atoms with Crippen LogP contribution in [0.15, 0.2) is 41.1 Å². The number of nitrogens with one attached hydrogen (secondary N) is 1. The van der Waals surface area contributed by atoms with Gasteiger partial charge in [0.25, 0.3) is 0 Å². The smallest absolute Gasteiger partial charge is 0.227 e. The van der Waals surface area contributed by atoms with Crippen LogP contribution in [-0.4, -0.2) is 29.9 Å². The SMILES string of the molecule is O=C(Cc1ccccc1Cl)N(Cc1ccsc1)C1CC12CCNCC2. The number of rotatable bonds is 5. The molecule has 0 bridgehead atoms. The van der Waals surface area contributed by atoms with Gasteiger partial charge < -0.3 is 10.2 Å². The Hall–Kier alpha value is -1.36. The molecular weight excluding hydrogens is 352 g/mol.